The zero-order valence-electron chi connectivity index (χ0n) is 11.3. The van der Waals surface area contributed by atoms with Gasteiger partial charge in [-0.1, -0.05) is 51.8 Å². The van der Waals surface area contributed by atoms with Gasteiger partial charge in [0.1, 0.15) is 0 Å². The second-order valence-corrected chi connectivity index (χ2v) is 5.80. The second-order valence-electron chi connectivity index (χ2n) is 4.95. The van der Waals surface area contributed by atoms with Crippen LogP contribution in [-0.4, -0.2) is 5.11 Å². The molecular weight excluding hydrogens is 345 g/mol. The van der Waals surface area contributed by atoms with Crippen molar-refractivity contribution in [2.75, 3.05) is 0 Å². The SMILES string of the molecule is Cc1cccc(CC(O)c2ccc(Br)c(C(F)(F)F)c2)c1. The van der Waals surface area contributed by atoms with Gasteiger partial charge in [0.05, 0.1) is 11.7 Å². The highest BCUT2D eigenvalue weighted by Crippen LogP contribution is 2.36. The third-order valence-corrected chi connectivity index (χ3v) is 3.88. The number of alkyl halides is 3. The van der Waals surface area contributed by atoms with Gasteiger partial charge in [-0.25, -0.2) is 0 Å². The van der Waals surface area contributed by atoms with Gasteiger partial charge >= 0.3 is 6.18 Å². The first kappa shape index (κ1) is 16.0. The Hall–Kier alpha value is -1.33. The Morgan fingerprint density at radius 3 is 2.48 bits per heavy atom. The van der Waals surface area contributed by atoms with Crippen LogP contribution in [-0.2, 0) is 12.6 Å². The smallest absolute Gasteiger partial charge is 0.388 e. The summed E-state index contributed by atoms with van der Waals surface area (Å²) < 4.78 is 38.6. The van der Waals surface area contributed by atoms with Crippen LogP contribution in [0, 0.1) is 6.92 Å². The molecule has 0 saturated heterocycles. The largest absolute Gasteiger partial charge is 0.417 e. The first-order chi connectivity index (χ1) is 9.77. The Kier molecular flexibility index (Phi) is 4.74. The molecule has 2 aromatic carbocycles. The van der Waals surface area contributed by atoms with Crippen molar-refractivity contribution in [1.82, 2.24) is 0 Å². The minimum absolute atomic E-state index is 0.0264. The summed E-state index contributed by atoms with van der Waals surface area (Å²) >= 11 is 2.89. The molecule has 21 heavy (non-hydrogen) atoms. The number of halogens is 4. The van der Waals surface area contributed by atoms with E-state index in [2.05, 4.69) is 15.9 Å². The van der Waals surface area contributed by atoms with Crippen LogP contribution in [0.3, 0.4) is 0 Å². The maximum atomic E-state index is 12.9. The van der Waals surface area contributed by atoms with Gasteiger partial charge in [0, 0.05) is 10.9 Å². The standard InChI is InChI=1S/C16H14BrF3O/c1-10-3-2-4-11(7-10)8-15(21)12-5-6-14(17)13(9-12)16(18,19)20/h2-7,9,15,21H,8H2,1H3. The highest BCUT2D eigenvalue weighted by Gasteiger charge is 2.33. The summed E-state index contributed by atoms with van der Waals surface area (Å²) in [6.07, 6.45) is -5.14. The molecule has 2 rings (SSSR count). The van der Waals surface area contributed by atoms with Crippen molar-refractivity contribution in [3.8, 4) is 0 Å². The maximum absolute atomic E-state index is 12.9. The van der Waals surface area contributed by atoms with Crippen molar-refractivity contribution in [3.63, 3.8) is 0 Å². The quantitative estimate of drug-likeness (QED) is 0.813. The first-order valence-corrected chi connectivity index (χ1v) is 7.17. The van der Waals surface area contributed by atoms with Crippen molar-refractivity contribution in [2.24, 2.45) is 0 Å². The zero-order valence-corrected chi connectivity index (χ0v) is 12.9. The van der Waals surface area contributed by atoms with Gasteiger partial charge < -0.3 is 5.11 Å². The van der Waals surface area contributed by atoms with Crippen LogP contribution in [0.4, 0.5) is 13.2 Å². The van der Waals surface area contributed by atoms with E-state index in [1.54, 1.807) is 0 Å². The fraction of sp³-hybridized carbons (Fsp3) is 0.250. The van der Waals surface area contributed by atoms with Crippen molar-refractivity contribution >= 4 is 15.9 Å². The summed E-state index contributed by atoms with van der Waals surface area (Å²) in [6.45, 7) is 1.93. The Morgan fingerprint density at radius 1 is 1.14 bits per heavy atom. The number of benzene rings is 2. The van der Waals surface area contributed by atoms with Crippen molar-refractivity contribution in [2.45, 2.75) is 25.6 Å². The van der Waals surface area contributed by atoms with E-state index in [0.29, 0.717) is 0 Å². The second kappa shape index (κ2) is 6.20. The molecule has 1 N–H and O–H groups in total. The molecule has 2 aromatic rings. The van der Waals surface area contributed by atoms with Crippen molar-refractivity contribution in [3.05, 3.63) is 69.2 Å². The summed E-state index contributed by atoms with van der Waals surface area (Å²) in [6, 6.07) is 11.4. The predicted octanol–water partition coefficient (Wildman–Crippen LogP) is 5.05. The number of rotatable bonds is 3. The normalized spacial score (nSPS) is 13.2. The van der Waals surface area contributed by atoms with Crippen LogP contribution >= 0.6 is 15.9 Å². The minimum atomic E-state index is -4.45. The van der Waals surface area contributed by atoms with E-state index in [1.165, 1.54) is 12.1 Å². The lowest BCUT2D eigenvalue weighted by atomic mass is 9.99. The van der Waals surface area contributed by atoms with Gasteiger partial charge in [-0.3, -0.25) is 0 Å². The Balaban J connectivity index is 2.25. The molecule has 0 aromatic heterocycles. The summed E-state index contributed by atoms with van der Waals surface area (Å²) in [4.78, 5) is 0. The molecule has 0 amide bonds. The van der Waals surface area contributed by atoms with E-state index in [1.807, 2.05) is 31.2 Å². The number of hydrogen-bond acceptors (Lipinski definition) is 1. The minimum Gasteiger partial charge on any atom is -0.388 e. The van der Waals surface area contributed by atoms with Crippen LogP contribution in [0.2, 0.25) is 0 Å². The van der Waals surface area contributed by atoms with Gasteiger partial charge in [0.2, 0.25) is 0 Å². The summed E-state index contributed by atoms with van der Waals surface area (Å²) in [7, 11) is 0. The van der Waals surface area contributed by atoms with Crippen LogP contribution in [0.1, 0.15) is 28.4 Å². The third-order valence-electron chi connectivity index (χ3n) is 3.19. The Bertz CT molecular complexity index is 638. The lowest BCUT2D eigenvalue weighted by Crippen LogP contribution is -2.09. The monoisotopic (exact) mass is 358 g/mol. The van der Waals surface area contributed by atoms with E-state index >= 15 is 0 Å². The van der Waals surface area contributed by atoms with Crippen molar-refractivity contribution < 1.29 is 18.3 Å². The molecule has 5 heteroatoms. The lowest BCUT2D eigenvalue weighted by molar-refractivity contribution is -0.138. The number of hydrogen-bond donors (Lipinski definition) is 1. The number of aliphatic hydroxyl groups is 1. The van der Waals surface area contributed by atoms with Gasteiger partial charge in [-0.15, -0.1) is 0 Å². The topological polar surface area (TPSA) is 20.2 Å². The Morgan fingerprint density at radius 2 is 1.86 bits per heavy atom. The van der Waals surface area contributed by atoms with E-state index in [-0.39, 0.29) is 16.5 Å². The van der Waals surface area contributed by atoms with Crippen LogP contribution in [0.15, 0.2) is 46.9 Å². The average Bonchev–Trinajstić information content (AvgIpc) is 2.37. The number of aryl methyl sites for hydroxylation is 1. The summed E-state index contributed by atoms with van der Waals surface area (Å²) in [5, 5.41) is 10.2. The van der Waals surface area contributed by atoms with Crippen LogP contribution in [0.5, 0.6) is 0 Å². The summed E-state index contributed by atoms with van der Waals surface area (Å²) in [5.41, 5.74) is 1.42. The molecule has 0 radical (unpaired) electrons. The highest BCUT2D eigenvalue weighted by molar-refractivity contribution is 9.10. The maximum Gasteiger partial charge on any atom is 0.417 e. The third kappa shape index (κ3) is 4.08. The molecule has 0 aliphatic heterocycles. The fourth-order valence-electron chi connectivity index (χ4n) is 2.15. The highest BCUT2D eigenvalue weighted by atomic mass is 79.9. The molecular formula is C16H14BrF3O. The first-order valence-electron chi connectivity index (χ1n) is 6.37. The fourth-order valence-corrected chi connectivity index (χ4v) is 2.62. The molecule has 0 fully saturated rings. The van der Waals surface area contributed by atoms with E-state index < -0.39 is 17.8 Å². The predicted molar refractivity (Wildman–Crippen MR) is 79.0 cm³/mol. The van der Waals surface area contributed by atoms with Gasteiger partial charge in [-0.05, 0) is 30.2 Å². The molecule has 0 spiro atoms. The lowest BCUT2D eigenvalue weighted by Gasteiger charge is -2.15. The molecule has 0 bridgehead atoms. The molecule has 0 aliphatic rings. The molecule has 1 unspecified atom stereocenters. The molecule has 1 atom stereocenters. The van der Waals surface area contributed by atoms with E-state index in [0.717, 1.165) is 17.2 Å². The zero-order chi connectivity index (χ0) is 15.6. The molecule has 0 aliphatic carbocycles. The van der Waals surface area contributed by atoms with Gasteiger partial charge in [0.25, 0.3) is 0 Å². The van der Waals surface area contributed by atoms with Crippen LogP contribution < -0.4 is 0 Å². The Labute approximate surface area is 129 Å². The molecule has 0 saturated carbocycles. The summed E-state index contributed by atoms with van der Waals surface area (Å²) in [5.74, 6) is 0. The van der Waals surface area contributed by atoms with Gasteiger partial charge in [-0.2, -0.15) is 13.2 Å². The molecule has 0 heterocycles. The molecule has 112 valence electrons. The number of aliphatic hydroxyl groups excluding tert-OH is 1. The van der Waals surface area contributed by atoms with E-state index in [4.69, 9.17) is 0 Å². The van der Waals surface area contributed by atoms with Crippen molar-refractivity contribution in [1.29, 1.82) is 0 Å². The van der Waals surface area contributed by atoms with Gasteiger partial charge in [0.15, 0.2) is 0 Å². The van der Waals surface area contributed by atoms with E-state index in [9.17, 15) is 18.3 Å². The average molecular weight is 359 g/mol. The van der Waals surface area contributed by atoms with Crippen LogP contribution in [0.25, 0.3) is 0 Å². The molecule has 1 nitrogen and oxygen atoms in total.